The van der Waals surface area contributed by atoms with Gasteiger partial charge in [-0.25, -0.2) is 9.78 Å². The average molecular weight is 295 g/mol. The first-order valence-corrected chi connectivity index (χ1v) is 7.20. The van der Waals surface area contributed by atoms with Crippen molar-refractivity contribution in [1.29, 1.82) is 0 Å². The zero-order valence-electron chi connectivity index (χ0n) is 12.3. The Morgan fingerprint density at radius 3 is 2.59 bits per heavy atom. The largest absolute Gasteiger partial charge is 0.478 e. The number of aromatic nitrogens is 2. The van der Waals surface area contributed by atoms with Gasteiger partial charge in [-0.3, -0.25) is 0 Å². The van der Waals surface area contributed by atoms with Crippen LogP contribution in [-0.2, 0) is 6.54 Å². The standard InChI is InChI=1S/C17H17N3O2/c1-2-18-17-19-14-5-3-4-6-15(14)20(17)11-12-7-9-13(10-8-12)16(21)22/h3-10H,2,11H2,1H3,(H,18,19)(H,21,22). The Hall–Kier alpha value is -2.82. The summed E-state index contributed by atoms with van der Waals surface area (Å²) >= 11 is 0. The minimum Gasteiger partial charge on any atom is -0.478 e. The lowest BCUT2D eigenvalue weighted by Gasteiger charge is -2.10. The molecule has 0 aliphatic rings. The predicted molar refractivity (Wildman–Crippen MR) is 86.4 cm³/mol. The van der Waals surface area contributed by atoms with Crippen molar-refractivity contribution in [3.05, 3.63) is 59.7 Å². The van der Waals surface area contributed by atoms with Gasteiger partial charge in [0.05, 0.1) is 23.1 Å². The van der Waals surface area contributed by atoms with E-state index in [0.29, 0.717) is 12.1 Å². The van der Waals surface area contributed by atoms with E-state index in [0.717, 1.165) is 29.1 Å². The fourth-order valence-corrected chi connectivity index (χ4v) is 2.46. The van der Waals surface area contributed by atoms with Crippen LogP contribution in [0.1, 0.15) is 22.8 Å². The Morgan fingerprint density at radius 1 is 1.18 bits per heavy atom. The predicted octanol–water partition coefficient (Wildman–Crippen LogP) is 3.21. The smallest absolute Gasteiger partial charge is 0.335 e. The van der Waals surface area contributed by atoms with Gasteiger partial charge in [0.15, 0.2) is 0 Å². The molecule has 0 bridgehead atoms. The molecule has 2 N–H and O–H groups in total. The molecule has 3 aromatic rings. The van der Waals surface area contributed by atoms with Gasteiger partial charge in [-0.1, -0.05) is 24.3 Å². The van der Waals surface area contributed by atoms with Gasteiger partial charge in [0.2, 0.25) is 5.95 Å². The molecule has 112 valence electrons. The molecule has 22 heavy (non-hydrogen) atoms. The molecule has 0 aliphatic carbocycles. The van der Waals surface area contributed by atoms with E-state index >= 15 is 0 Å². The number of hydrogen-bond donors (Lipinski definition) is 2. The van der Waals surface area contributed by atoms with Crippen LogP contribution in [0.5, 0.6) is 0 Å². The number of hydrogen-bond acceptors (Lipinski definition) is 3. The van der Waals surface area contributed by atoms with Crippen molar-refractivity contribution in [2.24, 2.45) is 0 Å². The molecule has 5 nitrogen and oxygen atoms in total. The maximum atomic E-state index is 10.9. The maximum absolute atomic E-state index is 10.9. The highest BCUT2D eigenvalue weighted by Crippen LogP contribution is 2.21. The number of nitrogens with zero attached hydrogens (tertiary/aromatic N) is 2. The van der Waals surface area contributed by atoms with Crippen LogP contribution in [0.15, 0.2) is 48.5 Å². The molecule has 1 heterocycles. The second-order valence-electron chi connectivity index (χ2n) is 5.04. The van der Waals surface area contributed by atoms with E-state index in [1.807, 2.05) is 43.3 Å². The van der Waals surface area contributed by atoms with Gasteiger partial charge < -0.3 is 15.0 Å². The minimum atomic E-state index is -0.909. The summed E-state index contributed by atoms with van der Waals surface area (Å²) in [7, 11) is 0. The van der Waals surface area contributed by atoms with Crippen LogP contribution in [0.3, 0.4) is 0 Å². The normalized spacial score (nSPS) is 10.8. The minimum absolute atomic E-state index is 0.297. The van der Waals surface area contributed by atoms with Crippen LogP contribution in [0, 0.1) is 0 Å². The van der Waals surface area contributed by atoms with Crippen molar-refractivity contribution < 1.29 is 9.90 Å². The Kier molecular flexibility index (Phi) is 3.78. The van der Waals surface area contributed by atoms with Crippen molar-refractivity contribution in [3.63, 3.8) is 0 Å². The van der Waals surface area contributed by atoms with E-state index in [4.69, 9.17) is 5.11 Å². The highest BCUT2D eigenvalue weighted by atomic mass is 16.4. The lowest BCUT2D eigenvalue weighted by Crippen LogP contribution is -2.08. The maximum Gasteiger partial charge on any atom is 0.335 e. The highest BCUT2D eigenvalue weighted by Gasteiger charge is 2.10. The molecule has 0 spiro atoms. The molecule has 0 radical (unpaired) electrons. The van der Waals surface area contributed by atoms with Crippen LogP contribution in [0.2, 0.25) is 0 Å². The number of para-hydroxylation sites is 2. The highest BCUT2D eigenvalue weighted by molar-refractivity contribution is 5.87. The summed E-state index contributed by atoms with van der Waals surface area (Å²) in [6.45, 7) is 3.47. The van der Waals surface area contributed by atoms with Gasteiger partial charge in [-0.05, 0) is 36.8 Å². The van der Waals surface area contributed by atoms with Crippen molar-refractivity contribution in [2.45, 2.75) is 13.5 Å². The summed E-state index contributed by atoms with van der Waals surface area (Å²) in [5, 5.41) is 12.2. The fourth-order valence-electron chi connectivity index (χ4n) is 2.46. The van der Waals surface area contributed by atoms with Crippen molar-refractivity contribution in [1.82, 2.24) is 9.55 Å². The number of benzene rings is 2. The van der Waals surface area contributed by atoms with E-state index in [1.165, 1.54) is 0 Å². The Labute approximate surface area is 128 Å². The number of aromatic carboxylic acids is 1. The van der Waals surface area contributed by atoms with Crippen molar-refractivity contribution >= 4 is 23.0 Å². The quantitative estimate of drug-likeness (QED) is 0.758. The van der Waals surface area contributed by atoms with Gasteiger partial charge in [0.1, 0.15) is 0 Å². The molecule has 0 amide bonds. The second kappa shape index (κ2) is 5.89. The Bertz CT molecular complexity index is 806. The molecule has 0 atom stereocenters. The van der Waals surface area contributed by atoms with Crippen LogP contribution in [0.4, 0.5) is 5.95 Å². The zero-order valence-corrected chi connectivity index (χ0v) is 12.3. The van der Waals surface area contributed by atoms with Crippen LogP contribution < -0.4 is 5.32 Å². The topological polar surface area (TPSA) is 67.2 Å². The summed E-state index contributed by atoms with van der Waals surface area (Å²) in [4.78, 5) is 15.5. The van der Waals surface area contributed by atoms with Gasteiger partial charge in [0, 0.05) is 6.54 Å². The van der Waals surface area contributed by atoms with Crippen LogP contribution >= 0.6 is 0 Å². The van der Waals surface area contributed by atoms with Gasteiger partial charge >= 0.3 is 5.97 Å². The number of imidazole rings is 1. The van der Waals surface area contributed by atoms with E-state index in [-0.39, 0.29) is 0 Å². The molecular formula is C17H17N3O2. The molecule has 0 unspecified atom stereocenters. The van der Waals surface area contributed by atoms with Gasteiger partial charge in [-0.15, -0.1) is 0 Å². The molecule has 0 saturated carbocycles. The zero-order chi connectivity index (χ0) is 15.5. The van der Waals surface area contributed by atoms with Gasteiger partial charge in [-0.2, -0.15) is 0 Å². The molecular weight excluding hydrogens is 278 g/mol. The molecule has 0 saturated heterocycles. The van der Waals surface area contributed by atoms with E-state index in [1.54, 1.807) is 12.1 Å². The van der Waals surface area contributed by atoms with Crippen molar-refractivity contribution in [3.8, 4) is 0 Å². The number of nitrogens with one attached hydrogen (secondary N) is 1. The van der Waals surface area contributed by atoms with Crippen molar-refractivity contribution in [2.75, 3.05) is 11.9 Å². The number of carboxylic acid groups (broad SMARTS) is 1. The third kappa shape index (κ3) is 2.65. The summed E-state index contributed by atoms with van der Waals surface area (Å²) in [5.41, 5.74) is 3.33. The molecule has 5 heteroatoms. The number of carboxylic acids is 1. The number of carbonyl (C=O) groups is 1. The van der Waals surface area contributed by atoms with Crippen LogP contribution in [0.25, 0.3) is 11.0 Å². The number of anilines is 1. The monoisotopic (exact) mass is 295 g/mol. The molecule has 0 aliphatic heterocycles. The second-order valence-corrected chi connectivity index (χ2v) is 5.04. The third-order valence-corrected chi connectivity index (χ3v) is 3.53. The Balaban J connectivity index is 1.98. The first-order chi connectivity index (χ1) is 10.7. The first-order valence-electron chi connectivity index (χ1n) is 7.20. The van der Waals surface area contributed by atoms with Crippen LogP contribution in [-0.4, -0.2) is 27.2 Å². The number of rotatable bonds is 5. The molecule has 1 aromatic heterocycles. The third-order valence-electron chi connectivity index (χ3n) is 3.53. The Morgan fingerprint density at radius 2 is 1.91 bits per heavy atom. The molecule has 0 fully saturated rings. The lowest BCUT2D eigenvalue weighted by atomic mass is 10.1. The average Bonchev–Trinajstić information content (AvgIpc) is 2.86. The molecule has 3 rings (SSSR count). The summed E-state index contributed by atoms with van der Waals surface area (Å²) in [6, 6.07) is 14.9. The lowest BCUT2D eigenvalue weighted by molar-refractivity contribution is 0.0697. The summed E-state index contributed by atoms with van der Waals surface area (Å²) < 4.78 is 2.11. The fraction of sp³-hybridized carbons (Fsp3) is 0.176. The van der Waals surface area contributed by atoms with Gasteiger partial charge in [0.25, 0.3) is 0 Å². The summed E-state index contributed by atoms with van der Waals surface area (Å²) in [5.74, 6) is -0.0843. The molecule has 2 aromatic carbocycles. The number of fused-ring (bicyclic) bond motifs is 1. The summed E-state index contributed by atoms with van der Waals surface area (Å²) in [6.07, 6.45) is 0. The van der Waals surface area contributed by atoms with E-state index in [9.17, 15) is 4.79 Å². The van der Waals surface area contributed by atoms with E-state index < -0.39 is 5.97 Å². The van der Waals surface area contributed by atoms with E-state index in [2.05, 4.69) is 14.9 Å². The SMILES string of the molecule is CCNc1nc2ccccc2n1Cc1ccc(C(=O)O)cc1. The first kappa shape index (κ1) is 14.1.